The van der Waals surface area contributed by atoms with Crippen LogP contribution in [0.1, 0.15) is 35.2 Å². The van der Waals surface area contributed by atoms with Gasteiger partial charge in [-0.25, -0.2) is 0 Å². The van der Waals surface area contributed by atoms with Crippen molar-refractivity contribution >= 4 is 0 Å². The van der Waals surface area contributed by atoms with Gasteiger partial charge in [0, 0.05) is 12.0 Å². The van der Waals surface area contributed by atoms with Gasteiger partial charge in [-0.2, -0.15) is 5.26 Å². The Morgan fingerprint density at radius 1 is 1.38 bits per heavy atom. The summed E-state index contributed by atoms with van der Waals surface area (Å²) in [6, 6.07) is 2.06. The number of rotatable bonds is 1. The maximum Gasteiger partial charge on any atom is 0.398 e. The van der Waals surface area contributed by atoms with Crippen molar-refractivity contribution in [3.05, 3.63) is 27.6 Å². The van der Waals surface area contributed by atoms with Crippen molar-refractivity contribution < 1.29 is 9.47 Å². The topological polar surface area (TPSA) is 60.0 Å². The van der Waals surface area contributed by atoms with Gasteiger partial charge in [-0.1, -0.05) is 0 Å². The lowest BCUT2D eigenvalue weighted by molar-refractivity contribution is -0.621. The van der Waals surface area contributed by atoms with E-state index < -0.39 is 0 Å². The molecule has 1 aromatic heterocycles. The highest BCUT2D eigenvalue weighted by Gasteiger charge is 2.28. The molecule has 1 aliphatic rings. The van der Waals surface area contributed by atoms with Crippen LogP contribution in [0.4, 0.5) is 0 Å². The Morgan fingerprint density at radius 2 is 2.06 bits per heavy atom. The summed E-state index contributed by atoms with van der Waals surface area (Å²) >= 11 is 0. The number of hydrogen-bond donors (Lipinski definition) is 0. The van der Waals surface area contributed by atoms with E-state index in [1.807, 2.05) is 6.92 Å². The minimum absolute atomic E-state index is 0.139. The Bertz CT molecular complexity index is 471. The molecule has 0 N–H and O–H groups in total. The Hall–Kier alpha value is -1.76. The van der Waals surface area contributed by atoms with Crippen LogP contribution in [0, 0.1) is 23.5 Å². The summed E-state index contributed by atoms with van der Waals surface area (Å²) in [4.78, 5) is 0. The Morgan fingerprint density at radius 3 is 2.69 bits per heavy atom. The lowest BCUT2D eigenvalue weighted by atomic mass is 9.90. The summed E-state index contributed by atoms with van der Waals surface area (Å²) in [6.07, 6.45) is 3.79. The fourth-order valence-corrected chi connectivity index (χ4v) is 2.37. The van der Waals surface area contributed by atoms with Crippen molar-refractivity contribution in [3.63, 3.8) is 0 Å². The van der Waals surface area contributed by atoms with Crippen LogP contribution in [0.2, 0.25) is 0 Å². The number of pyridine rings is 1. The zero-order chi connectivity index (χ0) is 11.7. The molecule has 0 fully saturated rings. The third-order valence-electron chi connectivity index (χ3n) is 3.21. The second kappa shape index (κ2) is 4.01. The molecule has 4 heteroatoms. The van der Waals surface area contributed by atoms with Gasteiger partial charge in [0.25, 0.3) is 0 Å². The molecule has 0 amide bonds. The zero-order valence-electron chi connectivity index (χ0n) is 9.54. The van der Waals surface area contributed by atoms with Crippen LogP contribution in [0.25, 0.3) is 0 Å². The molecule has 0 bridgehead atoms. The normalized spacial score (nSPS) is 14.1. The number of nitriles is 1. The quantitative estimate of drug-likeness (QED) is 0.528. The number of nitrogens with zero attached hydrogens (tertiary/aromatic N) is 2. The molecule has 0 spiro atoms. The minimum Gasteiger partial charge on any atom is -0.616 e. The number of fused-ring (bicyclic) bond motifs is 1. The maximum atomic E-state index is 12.0. The van der Waals surface area contributed by atoms with Crippen LogP contribution in [-0.2, 0) is 12.8 Å². The molecule has 2 rings (SSSR count). The summed E-state index contributed by atoms with van der Waals surface area (Å²) in [5.41, 5.74) is 3.09. The fraction of sp³-hybridized carbons (Fsp3) is 0.500. The van der Waals surface area contributed by atoms with E-state index in [0.29, 0.717) is 5.56 Å². The highest BCUT2D eigenvalue weighted by Crippen LogP contribution is 2.28. The number of hydrogen-bond acceptors (Lipinski definition) is 3. The van der Waals surface area contributed by atoms with Crippen molar-refractivity contribution in [2.75, 3.05) is 7.11 Å². The smallest absolute Gasteiger partial charge is 0.398 e. The first-order valence-corrected chi connectivity index (χ1v) is 5.42. The van der Waals surface area contributed by atoms with E-state index >= 15 is 0 Å². The van der Waals surface area contributed by atoms with Gasteiger partial charge in [-0.3, -0.25) is 0 Å². The molecule has 1 heterocycles. The Labute approximate surface area is 94.7 Å². The van der Waals surface area contributed by atoms with Crippen molar-refractivity contribution in [1.29, 1.82) is 5.26 Å². The van der Waals surface area contributed by atoms with Gasteiger partial charge in [-0.15, -0.1) is 4.73 Å². The average Bonchev–Trinajstić information content (AvgIpc) is 2.33. The van der Waals surface area contributed by atoms with E-state index in [9.17, 15) is 5.21 Å². The first kappa shape index (κ1) is 10.7. The van der Waals surface area contributed by atoms with Gasteiger partial charge in [0.1, 0.15) is 6.07 Å². The van der Waals surface area contributed by atoms with Gasteiger partial charge >= 0.3 is 5.88 Å². The molecule has 0 atom stereocenters. The molecule has 0 aliphatic heterocycles. The SMILES string of the molecule is COc1c(C#N)c(C)c2c([n+]1[O-])CCCC2. The first-order chi connectivity index (χ1) is 7.70. The van der Waals surface area contributed by atoms with Crippen molar-refractivity contribution in [1.82, 2.24) is 0 Å². The predicted octanol–water partition coefficient (Wildman–Crippen LogP) is 1.39. The lowest BCUT2D eigenvalue weighted by Gasteiger charge is -2.19. The Kier molecular flexibility index (Phi) is 2.69. The third kappa shape index (κ3) is 1.40. The van der Waals surface area contributed by atoms with Crippen LogP contribution in [0.3, 0.4) is 0 Å². The van der Waals surface area contributed by atoms with E-state index in [0.717, 1.165) is 47.2 Å². The molecule has 0 saturated heterocycles. The van der Waals surface area contributed by atoms with Crippen molar-refractivity contribution in [2.24, 2.45) is 0 Å². The van der Waals surface area contributed by atoms with E-state index in [4.69, 9.17) is 10.00 Å². The Balaban J connectivity index is 2.75. The lowest BCUT2D eigenvalue weighted by Crippen LogP contribution is -2.38. The van der Waals surface area contributed by atoms with E-state index in [1.54, 1.807) is 0 Å². The minimum atomic E-state index is 0.139. The first-order valence-electron chi connectivity index (χ1n) is 5.42. The second-order valence-electron chi connectivity index (χ2n) is 4.05. The van der Waals surface area contributed by atoms with Gasteiger partial charge in [0.05, 0.1) is 7.11 Å². The molecule has 4 nitrogen and oxygen atoms in total. The number of aromatic nitrogens is 1. The molecule has 0 saturated carbocycles. The third-order valence-corrected chi connectivity index (χ3v) is 3.21. The highest BCUT2D eigenvalue weighted by atomic mass is 16.5. The highest BCUT2D eigenvalue weighted by molar-refractivity contribution is 5.47. The van der Waals surface area contributed by atoms with Gasteiger partial charge in [-0.05, 0) is 31.7 Å². The van der Waals surface area contributed by atoms with Gasteiger partial charge < -0.3 is 9.94 Å². The molecule has 84 valence electrons. The summed E-state index contributed by atoms with van der Waals surface area (Å²) < 4.78 is 5.83. The van der Waals surface area contributed by atoms with E-state index in [1.165, 1.54) is 7.11 Å². The van der Waals surface area contributed by atoms with Crippen molar-refractivity contribution in [3.8, 4) is 11.9 Å². The zero-order valence-corrected chi connectivity index (χ0v) is 9.54. The predicted molar refractivity (Wildman–Crippen MR) is 58.0 cm³/mol. The maximum absolute atomic E-state index is 12.0. The molecular formula is C12H14N2O2. The molecule has 0 radical (unpaired) electrons. The molecule has 1 aliphatic carbocycles. The summed E-state index contributed by atoms with van der Waals surface area (Å²) in [6.45, 7) is 1.89. The van der Waals surface area contributed by atoms with Crippen LogP contribution >= 0.6 is 0 Å². The molecule has 1 aromatic rings. The summed E-state index contributed by atoms with van der Waals surface area (Å²) in [5.74, 6) is 0.139. The summed E-state index contributed by atoms with van der Waals surface area (Å²) in [7, 11) is 1.43. The van der Waals surface area contributed by atoms with Crippen molar-refractivity contribution in [2.45, 2.75) is 32.6 Å². The molecule has 0 aromatic carbocycles. The average molecular weight is 218 g/mol. The van der Waals surface area contributed by atoms with Gasteiger partial charge in [0.15, 0.2) is 11.3 Å². The second-order valence-corrected chi connectivity index (χ2v) is 4.05. The largest absolute Gasteiger partial charge is 0.616 e. The van der Waals surface area contributed by atoms with Crippen LogP contribution in [0.5, 0.6) is 5.88 Å². The van der Waals surface area contributed by atoms with Crippen LogP contribution in [-0.4, -0.2) is 7.11 Å². The molecular weight excluding hydrogens is 204 g/mol. The summed E-state index contributed by atoms with van der Waals surface area (Å²) in [5, 5.41) is 21.1. The monoisotopic (exact) mass is 218 g/mol. The van der Waals surface area contributed by atoms with Crippen LogP contribution < -0.4 is 9.47 Å². The van der Waals surface area contributed by atoms with Crippen LogP contribution in [0.15, 0.2) is 0 Å². The van der Waals surface area contributed by atoms with Gasteiger partial charge in [0.2, 0.25) is 0 Å². The van der Waals surface area contributed by atoms with E-state index in [2.05, 4.69) is 6.07 Å². The standard InChI is InChI=1S/C12H14N2O2/c1-8-9-5-3-4-6-11(9)14(15)12(16-2)10(8)7-13/h3-6H2,1-2H3. The fourth-order valence-electron chi connectivity index (χ4n) is 2.37. The number of methoxy groups -OCH3 is 1. The molecule has 16 heavy (non-hydrogen) atoms. The number of ether oxygens (including phenoxy) is 1. The van der Waals surface area contributed by atoms with E-state index in [-0.39, 0.29) is 5.88 Å². The molecule has 0 unspecified atom stereocenters.